The lowest BCUT2D eigenvalue weighted by Crippen LogP contribution is -2.50. The fourth-order valence-corrected chi connectivity index (χ4v) is 3.95. The number of fused-ring (bicyclic) bond motifs is 2. The van der Waals surface area contributed by atoms with Gasteiger partial charge in [-0.2, -0.15) is 5.10 Å². The van der Waals surface area contributed by atoms with Gasteiger partial charge in [-0.05, 0) is 5.56 Å². The van der Waals surface area contributed by atoms with Crippen LogP contribution in [0.1, 0.15) is 5.56 Å². The number of H-pyrrole nitrogens is 1. The van der Waals surface area contributed by atoms with Crippen LogP contribution >= 0.6 is 0 Å². The lowest BCUT2D eigenvalue weighted by molar-refractivity contribution is -0.0499. The first-order chi connectivity index (χ1) is 12.4. The first-order valence-electron chi connectivity index (χ1n) is 8.67. The summed E-state index contributed by atoms with van der Waals surface area (Å²) in [6, 6.07) is 11.0. The Bertz CT molecular complexity index is 866. The van der Waals surface area contributed by atoms with Crippen molar-refractivity contribution in [1.82, 2.24) is 25.1 Å². The summed E-state index contributed by atoms with van der Waals surface area (Å²) in [4.78, 5) is 13.6. The zero-order valence-corrected chi connectivity index (χ0v) is 13.9. The molecule has 1 aromatic carbocycles. The van der Waals surface area contributed by atoms with E-state index in [0.717, 1.165) is 49.6 Å². The third-order valence-electron chi connectivity index (χ3n) is 5.17. The highest BCUT2D eigenvalue weighted by Gasteiger charge is 2.41. The number of aromatic amines is 1. The van der Waals surface area contributed by atoms with Crippen LogP contribution in [-0.4, -0.2) is 63.5 Å². The summed E-state index contributed by atoms with van der Waals surface area (Å²) >= 11 is 0. The van der Waals surface area contributed by atoms with Crippen molar-refractivity contribution >= 4 is 16.9 Å². The average Bonchev–Trinajstić information content (AvgIpc) is 3.29. The number of ether oxygens (including phenoxy) is 1. The summed E-state index contributed by atoms with van der Waals surface area (Å²) in [5, 5.41) is 7.99. The van der Waals surface area contributed by atoms with Gasteiger partial charge in [-0.3, -0.25) is 10.00 Å². The molecule has 128 valence electrons. The lowest BCUT2D eigenvalue weighted by Gasteiger charge is -2.36. The molecule has 0 bridgehead atoms. The van der Waals surface area contributed by atoms with E-state index in [4.69, 9.17) is 4.74 Å². The van der Waals surface area contributed by atoms with Gasteiger partial charge in [0, 0.05) is 26.2 Å². The fourth-order valence-electron chi connectivity index (χ4n) is 3.95. The minimum Gasteiger partial charge on any atom is -0.373 e. The van der Waals surface area contributed by atoms with Gasteiger partial charge in [-0.25, -0.2) is 9.97 Å². The van der Waals surface area contributed by atoms with Crippen LogP contribution in [-0.2, 0) is 11.3 Å². The lowest BCUT2D eigenvalue weighted by atomic mass is 10.1. The molecule has 2 aliphatic rings. The summed E-state index contributed by atoms with van der Waals surface area (Å²) in [6.45, 7) is 4.48. The van der Waals surface area contributed by atoms with Crippen molar-refractivity contribution in [2.45, 2.75) is 18.7 Å². The van der Waals surface area contributed by atoms with Gasteiger partial charge < -0.3 is 9.64 Å². The van der Waals surface area contributed by atoms with Crippen molar-refractivity contribution in [2.75, 3.05) is 31.1 Å². The Morgan fingerprint density at radius 3 is 3.00 bits per heavy atom. The van der Waals surface area contributed by atoms with E-state index in [9.17, 15) is 0 Å². The predicted octanol–water partition coefficient (Wildman–Crippen LogP) is 1.44. The Morgan fingerprint density at radius 2 is 2.08 bits per heavy atom. The molecule has 2 aromatic heterocycles. The normalized spacial score (nSPS) is 23.9. The molecule has 0 amide bonds. The Kier molecular flexibility index (Phi) is 3.61. The number of benzene rings is 1. The molecule has 0 aliphatic carbocycles. The van der Waals surface area contributed by atoms with Crippen LogP contribution < -0.4 is 4.90 Å². The molecule has 4 heterocycles. The van der Waals surface area contributed by atoms with Crippen molar-refractivity contribution in [1.29, 1.82) is 0 Å². The minimum atomic E-state index is 0.217. The van der Waals surface area contributed by atoms with Crippen LogP contribution in [0.5, 0.6) is 0 Å². The Labute approximate surface area is 145 Å². The van der Waals surface area contributed by atoms with Crippen LogP contribution in [0.4, 0.5) is 5.82 Å². The first kappa shape index (κ1) is 14.8. The second-order valence-corrected chi connectivity index (χ2v) is 6.67. The van der Waals surface area contributed by atoms with Crippen molar-refractivity contribution in [3.8, 4) is 0 Å². The Balaban J connectivity index is 1.39. The summed E-state index contributed by atoms with van der Waals surface area (Å²) in [5.41, 5.74) is 2.13. The Morgan fingerprint density at radius 1 is 1.16 bits per heavy atom. The van der Waals surface area contributed by atoms with E-state index in [1.54, 1.807) is 12.5 Å². The van der Waals surface area contributed by atoms with Crippen molar-refractivity contribution in [2.24, 2.45) is 0 Å². The van der Waals surface area contributed by atoms with E-state index >= 15 is 0 Å². The zero-order valence-electron chi connectivity index (χ0n) is 13.9. The number of rotatable bonds is 3. The van der Waals surface area contributed by atoms with Gasteiger partial charge in [-0.1, -0.05) is 30.3 Å². The molecule has 25 heavy (non-hydrogen) atoms. The van der Waals surface area contributed by atoms with Crippen LogP contribution in [0.15, 0.2) is 42.9 Å². The zero-order chi connectivity index (χ0) is 16.6. The van der Waals surface area contributed by atoms with Crippen LogP contribution in [0, 0.1) is 0 Å². The van der Waals surface area contributed by atoms with Crippen molar-refractivity contribution < 1.29 is 4.74 Å². The quantitative estimate of drug-likeness (QED) is 0.780. The number of aromatic nitrogens is 4. The van der Waals surface area contributed by atoms with E-state index in [0.29, 0.717) is 6.04 Å². The van der Waals surface area contributed by atoms with E-state index in [1.807, 2.05) is 0 Å². The molecule has 0 spiro atoms. The topological polar surface area (TPSA) is 70.2 Å². The molecule has 0 radical (unpaired) electrons. The summed E-state index contributed by atoms with van der Waals surface area (Å²) in [5.74, 6) is 0.941. The van der Waals surface area contributed by atoms with Crippen LogP contribution in [0.2, 0.25) is 0 Å². The van der Waals surface area contributed by atoms with Gasteiger partial charge in [0.05, 0.1) is 30.3 Å². The molecule has 5 rings (SSSR count). The highest BCUT2D eigenvalue weighted by atomic mass is 16.5. The predicted molar refractivity (Wildman–Crippen MR) is 94.3 cm³/mol. The number of hydrogen-bond donors (Lipinski definition) is 1. The van der Waals surface area contributed by atoms with Crippen LogP contribution in [0.25, 0.3) is 11.0 Å². The van der Waals surface area contributed by atoms with E-state index in [2.05, 4.69) is 60.3 Å². The number of morpholine rings is 1. The van der Waals surface area contributed by atoms with E-state index < -0.39 is 0 Å². The Hall–Kier alpha value is -2.51. The standard InChI is InChI=1S/C18H20N6O/c1-2-4-13(5-3-1)9-23-6-7-25-16-11-24(10-15(16)23)18-14-8-21-22-17(14)19-12-20-18/h1-5,8,12,15-16H,6-7,9-11H2,(H,19,20,21,22)/t15-,16-/m1/s1. The second kappa shape index (κ2) is 6.09. The van der Waals surface area contributed by atoms with Gasteiger partial charge in [0.2, 0.25) is 0 Å². The molecule has 0 saturated carbocycles. The number of nitrogens with zero attached hydrogens (tertiary/aromatic N) is 5. The van der Waals surface area contributed by atoms with Gasteiger partial charge >= 0.3 is 0 Å². The number of anilines is 1. The first-order valence-corrected chi connectivity index (χ1v) is 8.67. The number of hydrogen-bond acceptors (Lipinski definition) is 6. The van der Waals surface area contributed by atoms with Gasteiger partial charge in [0.1, 0.15) is 12.1 Å². The van der Waals surface area contributed by atoms with E-state index in [-0.39, 0.29) is 6.10 Å². The second-order valence-electron chi connectivity index (χ2n) is 6.67. The molecule has 2 fully saturated rings. The minimum absolute atomic E-state index is 0.217. The molecule has 0 unspecified atom stereocenters. The highest BCUT2D eigenvalue weighted by molar-refractivity contribution is 5.86. The maximum absolute atomic E-state index is 6.06. The highest BCUT2D eigenvalue weighted by Crippen LogP contribution is 2.30. The third kappa shape index (κ3) is 2.65. The van der Waals surface area contributed by atoms with Crippen molar-refractivity contribution in [3.05, 3.63) is 48.4 Å². The molecular weight excluding hydrogens is 316 g/mol. The van der Waals surface area contributed by atoms with Crippen molar-refractivity contribution in [3.63, 3.8) is 0 Å². The SMILES string of the molecule is c1ccc(CN2CCO[C@@H]3CN(c4ncnc5[nH]ncc45)C[C@H]32)cc1. The molecule has 7 nitrogen and oxygen atoms in total. The molecular formula is C18H20N6O. The molecule has 2 atom stereocenters. The molecule has 2 aliphatic heterocycles. The monoisotopic (exact) mass is 336 g/mol. The van der Waals surface area contributed by atoms with E-state index in [1.165, 1.54) is 5.56 Å². The molecule has 1 N–H and O–H groups in total. The van der Waals surface area contributed by atoms with Gasteiger partial charge in [0.15, 0.2) is 5.65 Å². The maximum atomic E-state index is 6.06. The molecule has 7 heteroatoms. The average molecular weight is 336 g/mol. The van der Waals surface area contributed by atoms with Gasteiger partial charge in [-0.15, -0.1) is 0 Å². The van der Waals surface area contributed by atoms with Crippen LogP contribution in [0.3, 0.4) is 0 Å². The summed E-state index contributed by atoms with van der Waals surface area (Å²) in [7, 11) is 0. The third-order valence-corrected chi connectivity index (χ3v) is 5.17. The summed E-state index contributed by atoms with van der Waals surface area (Å²) in [6.07, 6.45) is 3.62. The fraction of sp³-hybridized carbons (Fsp3) is 0.389. The largest absolute Gasteiger partial charge is 0.373 e. The van der Waals surface area contributed by atoms with Gasteiger partial charge in [0.25, 0.3) is 0 Å². The molecule has 3 aromatic rings. The maximum Gasteiger partial charge on any atom is 0.160 e. The smallest absolute Gasteiger partial charge is 0.160 e. The molecule has 2 saturated heterocycles. The number of nitrogens with one attached hydrogen (secondary N) is 1. The summed E-state index contributed by atoms with van der Waals surface area (Å²) < 4.78 is 6.06.